The molecule has 0 aliphatic carbocycles. The Kier molecular flexibility index (Phi) is 4.27. The van der Waals surface area contributed by atoms with Crippen molar-refractivity contribution < 1.29 is 0 Å². The Morgan fingerprint density at radius 1 is 1.22 bits per heavy atom. The summed E-state index contributed by atoms with van der Waals surface area (Å²) in [4.78, 5) is 29.6. The first-order valence-electron chi connectivity index (χ1n) is 7.91. The Morgan fingerprint density at radius 2 is 1.96 bits per heavy atom. The number of hydrogen-bond acceptors (Lipinski definition) is 6. The minimum Gasteiger partial charge on any atom is -0.367 e. The van der Waals surface area contributed by atoms with E-state index in [-0.39, 0.29) is 5.56 Å². The molecule has 1 aliphatic rings. The third-order valence-electron chi connectivity index (χ3n) is 4.08. The summed E-state index contributed by atoms with van der Waals surface area (Å²) in [6.45, 7) is 7.46. The van der Waals surface area contributed by atoms with E-state index >= 15 is 0 Å². The van der Waals surface area contributed by atoms with E-state index in [1.165, 1.54) is 6.07 Å². The minimum absolute atomic E-state index is 0.0974. The molecule has 0 radical (unpaired) electrons. The van der Waals surface area contributed by atoms with Gasteiger partial charge in [-0.25, -0.2) is 15.0 Å². The quantitative estimate of drug-likeness (QED) is 0.894. The van der Waals surface area contributed by atoms with Crippen LogP contribution < -0.4 is 15.8 Å². The molecule has 0 unspecified atom stereocenters. The Bertz CT molecular complexity index is 748. The number of aryl methyl sites for hydroxylation is 3. The van der Waals surface area contributed by atoms with Crippen molar-refractivity contribution in [3.8, 4) is 0 Å². The van der Waals surface area contributed by atoms with Crippen molar-refractivity contribution in [2.75, 3.05) is 23.3 Å². The molecule has 1 fully saturated rings. The predicted octanol–water partition coefficient (Wildman–Crippen LogP) is 1.57. The molecule has 7 heteroatoms. The number of piperidine rings is 1. The standard InChI is InChI=1S/C16H22N6O/c1-10-9-17-12(3)19-15(10)20-13-4-6-22(7-5-13)16-18-11(2)8-14(23)21-16/h8-9,13H,4-7H2,1-3H3,(H,17,19,20)(H,18,21,23). The van der Waals surface area contributed by atoms with Crippen molar-refractivity contribution >= 4 is 11.8 Å². The predicted molar refractivity (Wildman–Crippen MR) is 90.0 cm³/mol. The lowest BCUT2D eigenvalue weighted by atomic mass is 10.1. The summed E-state index contributed by atoms with van der Waals surface area (Å²) >= 11 is 0. The molecule has 0 atom stereocenters. The molecular weight excluding hydrogens is 292 g/mol. The smallest absolute Gasteiger partial charge is 0.252 e. The van der Waals surface area contributed by atoms with Crippen LogP contribution in [-0.4, -0.2) is 39.1 Å². The highest BCUT2D eigenvalue weighted by Gasteiger charge is 2.21. The van der Waals surface area contributed by atoms with Gasteiger partial charge in [-0.15, -0.1) is 0 Å². The third-order valence-corrected chi connectivity index (χ3v) is 4.08. The van der Waals surface area contributed by atoms with E-state index < -0.39 is 0 Å². The highest BCUT2D eigenvalue weighted by Crippen LogP contribution is 2.19. The molecule has 2 aromatic rings. The molecule has 2 aromatic heterocycles. The Labute approximate surface area is 135 Å². The molecule has 0 spiro atoms. The Hall–Kier alpha value is -2.44. The summed E-state index contributed by atoms with van der Waals surface area (Å²) in [7, 11) is 0. The summed E-state index contributed by atoms with van der Waals surface area (Å²) in [5.41, 5.74) is 1.71. The van der Waals surface area contributed by atoms with Crippen molar-refractivity contribution in [1.82, 2.24) is 19.9 Å². The molecule has 0 aromatic carbocycles. The maximum absolute atomic E-state index is 11.6. The zero-order chi connectivity index (χ0) is 16.4. The second-order valence-corrected chi connectivity index (χ2v) is 6.06. The number of aromatic nitrogens is 4. The van der Waals surface area contributed by atoms with Crippen LogP contribution in [0.4, 0.5) is 11.8 Å². The lowest BCUT2D eigenvalue weighted by molar-refractivity contribution is 0.517. The molecule has 122 valence electrons. The fourth-order valence-electron chi connectivity index (χ4n) is 2.82. The molecule has 2 N–H and O–H groups in total. The lowest BCUT2D eigenvalue weighted by Crippen LogP contribution is -2.40. The molecule has 1 saturated heterocycles. The van der Waals surface area contributed by atoms with E-state index in [1.807, 2.05) is 27.0 Å². The fraction of sp³-hybridized carbons (Fsp3) is 0.500. The van der Waals surface area contributed by atoms with Crippen LogP contribution in [0.1, 0.15) is 29.9 Å². The summed E-state index contributed by atoms with van der Waals surface area (Å²) in [5.74, 6) is 2.36. The first-order chi connectivity index (χ1) is 11.0. The van der Waals surface area contributed by atoms with Crippen LogP contribution >= 0.6 is 0 Å². The maximum atomic E-state index is 11.6. The highest BCUT2D eigenvalue weighted by atomic mass is 16.1. The van der Waals surface area contributed by atoms with Gasteiger partial charge in [0.2, 0.25) is 5.95 Å². The molecule has 0 bridgehead atoms. The van der Waals surface area contributed by atoms with Gasteiger partial charge in [-0.3, -0.25) is 9.78 Å². The average molecular weight is 314 g/mol. The van der Waals surface area contributed by atoms with Gasteiger partial charge in [0.1, 0.15) is 11.6 Å². The van der Waals surface area contributed by atoms with Crippen LogP contribution in [0, 0.1) is 20.8 Å². The zero-order valence-corrected chi connectivity index (χ0v) is 13.8. The van der Waals surface area contributed by atoms with Crippen molar-refractivity contribution in [3.05, 3.63) is 39.7 Å². The molecule has 7 nitrogen and oxygen atoms in total. The third kappa shape index (κ3) is 3.67. The topological polar surface area (TPSA) is 86.8 Å². The largest absolute Gasteiger partial charge is 0.367 e. The SMILES string of the molecule is Cc1cc(=O)[nH]c(N2CCC(Nc3nc(C)ncc3C)CC2)n1. The van der Waals surface area contributed by atoms with Crippen molar-refractivity contribution in [1.29, 1.82) is 0 Å². The van der Waals surface area contributed by atoms with Gasteiger partial charge >= 0.3 is 0 Å². The first kappa shape index (κ1) is 15.5. The van der Waals surface area contributed by atoms with Gasteiger partial charge in [0.05, 0.1) is 0 Å². The monoisotopic (exact) mass is 314 g/mol. The van der Waals surface area contributed by atoms with Gasteiger partial charge in [-0.1, -0.05) is 0 Å². The van der Waals surface area contributed by atoms with E-state index in [4.69, 9.17) is 0 Å². The van der Waals surface area contributed by atoms with Gasteiger partial charge in [-0.2, -0.15) is 0 Å². The molecular formula is C16H22N6O. The second kappa shape index (κ2) is 6.36. The summed E-state index contributed by atoms with van der Waals surface area (Å²) in [6, 6.07) is 1.88. The summed E-state index contributed by atoms with van der Waals surface area (Å²) < 4.78 is 0. The van der Waals surface area contributed by atoms with Gasteiger partial charge in [0, 0.05) is 42.7 Å². The average Bonchev–Trinajstić information content (AvgIpc) is 2.51. The number of nitrogens with zero attached hydrogens (tertiary/aromatic N) is 4. The molecule has 3 heterocycles. The molecule has 0 saturated carbocycles. The highest BCUT2D eigenvalue weighted by molar-refractivity contribution is 5.43. The lowest BCUT2D eigenvalue weighted by Gasteiger charge is -2.33. The van der Waals surface area contributed by atoms with Crippen LogP contribution in [0.5, 0.6) is 0 Å². The van der Waals surface area contributed by atoms with Crippen molar-refractivity contribution in [3.63, 3.8) is 0 Å². The number of H-pyrrole nitrogens is 1. The number of anilines is 2. The zero-order valence-electron chi connectivity index (χ0n) is 13.8. The van der Waals surface area contributed by atoms with E-state index in [2.05, 4.69) is 30.2 Å². The van der Waals surface area contributed by atoms with E-state index in [1.54, 1.807) is 0 Å². The number of rotatable bonds is 3. The van der Waals surface area contributed by atoms with Crippen LogP contribution in [0.25, 0.3) is 0 Å². The molecule has 1 aliphatic heterocycles. The van der Waals surface area contributed by atoms with Gasteiger partial charge in [0.25, 0.3) is 5.56 Å². The molecule has 23 heavy (non-hydrogen) atoms. The first-order valence-corrected chi connectivity index (χ1v) is 7.91. The van der Waals surface area contributed by atoms with Crippen LogP contribution in [0.15, 0.2) is 17.1 Å². The molecule has 0 amide bonds. The van der Waals surface area contributed by atoms with Gasteiger partial charge < -0.3 is 10.2 Å². The number of hydrogen-bond donors (Lipinski definition) is 2. The van der Waals surface area contributed by atoms with Crippen LogP contribution in [-0.2, 0) is 0 Å². The van der Waals surface area contributed by atoms with Crippen LogP contribution in [0.3, 0.4) is 0 Å². The molecule has 3 rings (SSSR count). The second-order valence-electron chi connectivity index (χ2n) is 6.06. The van der Waals surface area contributed by atoms with Crippen molar-refractivity contribution in [2.45, 2.75) is 39.7 Å². The maximum Gasteiger partial charge on any atom is 0.252 e. The minimum atomic E-state index is -0.0974. The van der Waals surface area contributed by atoms with E-state index in [0.717, 1.165) is 48.8 Å². The number of aromatic amines is 1. The normalized spacial score (nSPS) is 15.7. The Morgan fingerprint density at radius 3 is 2.65 bits per heavy atom. The summed E-state index contributed by atoms with van der Waals surface area (Å²) in [6.07, 6.45) is 3.79. The number of nitrogens with one attached hydrogen (secondary N) is 2. The summed E-state index contributed by atoms with van der Waals surface area (Å²) in [5, 5.41) is 3.51. The van der Waals surface area contributed by atoms with Crippen molar-refractivity contribution in [2.24, 2.45) is 0 Å². The van der Waals surface area contributed by atoms with Crippen LogP contribution in [0.2, 0.25) is 0 Å². The fourth-order valence-corrected chi connectivity index (χ4v) is 2.82. The van der Waals surface area contributed by atoms with Gasteiger partial charge in [-0.05, 0) is 33.6 Å². The van der Waals surface area contributed by atoms with E-state index in [9.17, 15) is 4.79 Å². The Balaban J connectivity index is 1.64. The van der Waals surface area contributed by atoms with E-state index in [0.29, 0.717) is 12.0 Å². The van der Waals surface area contributed by atoms with Gasteiger partial charge in [0.15, 0.2) is 0 Å².